The van der Waals surface area contributed by atoms with Gasteiger partial charge in [0.15, 0.2) is 0 Å². The number of hydrogen-bond acceptors (Lipinski definition) is 4. The fourth-order valence-corrected chi connectivity index (χ4v) is 4.41. The SMILES string of the molecule is CC1(C)CN(C(=O)OCC2c3ccccc3-c3ccccc32)CC(CCO)O1. The van der Waals surface area contributed by atoms with Crippen LogP contribution >= 0.6 is 0 Å². The summed E-state index contributed by atoms with van der Waals surface area (Å²) in [6, 6.07) is 16.6. The van der Waals surface area contributed by atoms with Gasteiger partial charge in [-0.05, 0) is 42.5 Å². The van der Waals surface area contributed by atoms with Crippen molar-refractivity contribution < 1.29 is 19.4 Å². The summed E-state index contributed by atoms with van der Waals surface area (Å²) < 4.78 is 11.7. The molecule has 2 aromatic rings. The molecule has 1 aliphatic carbocycles. The van der Waals surface area contributed by atoms with E-state index in [4.69, 9.17) is 9.47 Å². The van der Waals surface area contributed by atoms with E-state index in [2.05, 4.69) is 24.3 Å². The standard InChI is InChI=1S/C23H27NO4/c1-23(2)15-24(13-16(28-23)11-12-25)22(26)27-14-21-19-9-5-3-7-17(19)18-8-4-6-10-20(18)21/h3-10,16,21,25H,11-15H2,1-2H3. The first-order chi connectivity index (χ1) is 13.5. The van der Waals surface area contributed by atoms with Gasteiger partial charge in [0.2, 0.25) is 0 Å². The van der Waals surface area contributed by atoms with E-state index in [-0.39, 0.29) is 24.7 Å². The van der Waals surface area contributed by atoms with E-state index in [0.717, 1.165) is 0 Å². The lowest BCUT2D eigenvalue weighted by molar-refractivity contribution is -0.134. The maximum atomic E-state index is 12.8. The monoisotopic (exact) mass is 381 g/mol. The van der Waals surface area contributed by atoms with Crippen LogP contribution in [0.25, 0.3) is 11.1 Å². The van der Waals surface area contributed by atoms with Crippen LogP contribution in [0.15, 0.2) is 48.5 Å². The Morgan fingerprint density at radius 3 is 2.36 bits per heavy atom. The Morgan fingerprint density at radius 2 is 1.75 bits per heavy atom. The van der Waals surface area contributed by atoms with Crippen LogP contribution in [-0.4, -0.2) is 54.1 Å². The van der Waals surface area contributed by atoms with Gasteiger partial charge in [0.1, 0.15) is 6.61 Å². The van der Waals surface area contributed by atoms with Crippen LogP contribution < -0.4 is 0 Å². The van der Waals surface area contributed by atoms with Gasteiger partial charge in [-0.25, -0.2) is 4.79 Å². The van der Waals surface area contributed by atoms with Gasteiger partial charge in [0.05, 0.1) is 24.8 Å². The highest BCUT2D eigenvalue weighted by atomic mass is 16.6. The fourth-order valence-electron chi connectivity index (χ4n) is 4.41. The third-order valence-corrected chi connectivity index (χ3v) is 5.53. The van der Waals surface area contributed by atoms with Gasteiger partial charge in [-0.15, -0.1) is 0 Å². The van der Waals surface area contributed by atoms with E-state index in [0.29, 0.717) is 26.1 Å². The van der Waals surface area contributed by atoms with E-state index >= 15 is 0 Å². The summed E-state index contributed by atoms with van der Waals surface area (Å²) in [5.74, 6) is 0.0543. The summed E-state index contributed by atoms with van der Waals surface area (Å²) in [6.45, 7) is 5.20. The second-order valence-corrected chi connectivity index (χ2v) is 8.20. The maximum Gasteiger partial charge on any atom is 0.409 e. The number of fused-ring (bicyclic) bond motifs is 3. The minimum atomic E-state index is -0.455. The van der Waals surface area contributed by atoms with Gasteiger partial charge in [-0.1, -0.05) is 48.5 Å². The third kappa shape index (κ3) is 3.64. The number of carbonyl (C=O) groups excluding carboxylic acids is 1. The van der Waals surface area contributed by atoms with Gasteiger partial charge >= 0.3 is 6.09 Å². The van der Waals surface area contributed by atoms with E-state index < -0.39 is 5.60 Å². The van der Waals surface area contributed by atoms with Crippen molar-refractivity contribution in [1.82, 2.24) is 4.90 Å². The summed E-state index contributed by atoms with van der Waals surface area (Å²) in [5.41, 5.74) is 4.39. The van der Waals surface area contributed by atoms with Gasteiger partial charge < -0.3 is 19.5 Å². The molecule has 2 aliphatic rings. The zero-order valence-corrected chi connectivity index (χ0v) is 16.4. The molecule has 1 unspecified atom stereocenters. The number of carbonyl (C=O) groups is 1. The average Bonchev–Trinajstić information content (AvgIpc) is 2.99. The maximum absolute atomic E-state index is 12.8. The summed E-state index contributed by atoms with van der Waals surface area (Å²) in [4.78, 5) is 14.5. The number of aliphatic hydroxyl groups excluding tert-OH is 1. The molecule has 2 aromatic carbocycles. The first-order valence-corrected chi connectivity index (χ1v) is 9.87. The Labute approximate surface area is 165 Å². The van der Waals surface area contributed by atoms with Crippen molar-refractivity contribution in [3.63, 3.8) is 0 Å². The molecule has 4 rings (SSSR count). The molecule has 0 spiro atoms. The molecule has 0 saturated carbocycles. The predicted molar refractivity (Wildman–Crippen MR) is 107 cm³/mol. The quantitative estimate of drug-likeness (QED) is 0.875. The van der Waals surface area contributed by atoms with Crippen molar-refractivity contribution in [2.45, 2.75) is 37.9 Å². The van der Waals surface area contributed by atoms with Crippen molar-refractivity contribution in [3.8, 4) is 11.1 Å². The highest BCUT2D eigenvalue weighted by Gasteiger charge is 2.37. The van der Waals surface area contributed by atoms with E-state index in [9.17, 15) is 9.90 Å². The lowest BCUT2D eigenvalue weighted by atomic mass is 9.98. The van der Waals surface area contributed by atoms with Crippen molar-refractivity contribution >= 4 is 6.09 Å². The first-order valence-electron chi connectivity index (χ1n) is 9.87. The third-order valence-electron chi connectivity index (χ3n) is 5.53. The van der Waals surface area contributed by atoms with Crippen LogP contribution in [0.3, 0.4) is 0 Å². The molecule has 0 bridgehead atoms. The highest BCUT2D eigenvalue weighted by Crippen LogP contribution is 2.44. The van der Waals surface area contributed by atoms with Crippen molar-refractivity contribution in [1.29, 1.82) is 0 Å². The second-order valence-electron chi connectivity index (χ2n) is 8.20. The number of amides is 1. The molecule has 5 nitrogen and oxygen atoms in total. The topological polar surface area (TPSA) is 59.0 Å². The molecule has 1 amide bonds. The first kappa shape index (κ1) is 19.0. The number of aliphatic hydroxyl groups is 1. The molecule has 0 aromatic heterocycles. The molecule has 1 fully saturated rings. The van der Waals surface area contributed by atoms with Crippen molar-refractivity contribution in [2.75, 3.05) is 26.3 Å². The lowest BCUT2D eigenvalue weighted by Gasteiger charge is -2.42. The average molecular weight is 381 g/mol. The smallest absolute Gasteiger partial charge is 0.409 e. The van der Waals surface area contributed by atoms with Crippen LogP contribution in [-0.2, 0) is 9.47 Å². The minimum absolute atomic E-state index is 0.0409. The van der Waals surface area contributed by atoms with Crippen LogP contribution in [0, 0.1) is 0 Å². The largest absolute Gasteiger partial charge is 0.448 e. The van der Waals surface area contributed by atoms with Crippen LogP contribution in [0.5, 0.6) is 0 Å². The second kappa shape index (κ2) is 7.57. The highest BCUT2D eigenvalue weighted by molar-refractivity contribution is 5.79. The van der Waals surface area contributed by atoms with E-state index in [1.807, 2.05) is 38.1 Å². The number of benzene rings is 2. The molecular weight excluding hydrogens is 354 g/mol. The fraction of sp³-hybridized carbons (Fsp3) is 0.435. The normalized spacial score (nSPS) is 20.5. The minimum Gasteiger partial charge on any atom is -0.448 e. The Balaban J connectivity index is 1.48. The summed E-state index contributed by atoms with van der Waals surface area (Å²) in [7, 11) is 0. The molecule has 1 aliphatic heterocycles. The van der Waals surface area contributed by atoms with E-state index in [1.54, 1.807) is 4.90 Å². The molecule has 1 saturated heterocycles. The molecular formula is C23H27NO4. The molecule has 1 atom stereocenters. The van der Waals surface area contributed by atoms with E-state index in [1.165, 1.54) is 22.3 Å². The molecule has 1 heterocycles. The molecule has 5 heteroatoms. The predicted octanol–water partition coefficient (Wildman–Crippen LogP) is 3.80. The van der Waals surface area contributed by atoms with Gasteiger partial charge in [0, 0.05) is 12.5 Å². The Kier molecular flexibility index (Phi) is 5.13. The van der Waals surface area contributed by atoms with Gasteiger partial charge in [-0.3, -0.25) is 0 Å². The van der Waals surface area contributed by atoms with Gasteiger partial charge in [0.25, 0.3) is 0 Å². The number of ether oxygens (including phenoxy) is 2. The molecule has 148 valence electrons. The number of rotatable bonds is 4. The number of hydrogen-bond donors (Lipinski definition) is 1. The number of morpholine rings is 1. The molecule has 28 heavy (non-hydrogen) atoms. The van der Waals surface area contributed by atoms with Crippen LogP contribution in [0.2, 0.25) is 0 Å². The number of nitrogens with zero attached hydrogens (tertiary/aromatic N) is 1. The summed E-state index contributed by atoms with van der Waals surface area (Å²) in [5, 5.41) is 9.23. The Bertz CT molecular complexity index is 818. The lowest BCUT2D eigenvalue weighted by Crippen LogP contribution is -2.55. The zero-order chi connectivity index (χ0) is 19.7. The van der Waals surface area contributed by atoms with Crippen molar-refractivity contribution in [2.24, 2.45) is 0 Å². The zero-order valence-electron chi connectivity index (χ0n) is 16.4. The summed E-state index contributed by atoms with van der Waals surface area (Å²) in [6.07, 6.45) is 0.0201. The molecule has 0 radical (unpaired) electrons. The van der Waals surface area contributed by atoms with Crippen LogP contribution in [0.4, 0.5) is 4.79 Å². The molecule has 1 N–H and O–H groups in total. The Hall–Kier alpha value is -2.37. The Morgan fingerprint density at radius 1 is 1.14 bits per heavy atom. The van der Waals surface area contributed by atoms with Crippen LogP contribution in [0.1, 0.15) is 37.3 Å². The van der Waals surface area contributed by atoms with Gasteiger partial charge in [-0.2, -0.15) is 0 Å². The summed E-state index contributed by atoms with van der Waals surface area (Å²) >= 11 is 0. The van der Waals surface area contributed by atoms with Crippen molar-refractivity contribution in [3.05, 3.63) is 59.7 Å².